The summed E-state index contributed by atoms with van der Waals surface area (Å²) in [6.07, 6.45) is 4.41. The third-order valence-electron chi connectivity index (χ3n) is 2.76. The topological polar surface area (TPSA) is 49.4 Å². The van der Waals surface area contributed by atoms with E-state index in [0.717, 1.165) is 25.8 Å². The maximum atomic E-state index is 11.5. The fraction of sp³-hybridized carbons (Fsp3) is 1.00. The van der Waals surface area contributed by atoms with Gasteiger partial charge >= 0.3 is 0 Å². The molecule has 1 fully saturated rings. The van der Waals surface area contributed by atoms with Crippen LogP contribution in [0.4, 0.5) is 0 Å². The van der Waals surface area contributed by atoms with Gasteiger partial charge < -0.3 is 5.32 Å². The third-order valence-corrected chi connectivity index (χ3v) is 4.09. The molecular formula is C10H22N2O2S. The van der Waals surface area contributed by atoms with Gasteiger partial charge in [0.2, 0.25) is 10.0 Å². The van der Waals surface area contributed by atoms with Gasteiger partial charge in [-0.15, -0.1) is 0 Å². The van der Waals surface area contributed by atoms with Crippen LogP contribution in [0.1, 0.15) is 33.1 Å². The Morgan fingerprint density at radius 3 is 2.60 bits per heavy atom. The largest absolute Gasteiger partial charge is 0.313 e. The molecule has 0 aromatic heterocycles. The third kappa shape index (κ3) is 4.09. The minimum atomic E-state index is -3.03. The summed E-state index contributed by atoms with van der Waals surface area (Å²) < 4.78 is 24.7. The van der Waals surface area contributed by atoms with Gasteiger partial charge in [-0.05, 0) is 12.8 Å². The summed E-state index contributed by atoms with van der Waals surface area (Å²) in [6, 6.07) is 0.560. The first-order chi connectivity index (χ1) is 6.91. The zero-order chi connectivity index (χ0) is 11.5. The Hall–Kier alpha value is -0.130. The molecule has 1 heterocycles. The highest BCUT2D eigenvalue weighted by Gasteiger charge is 2.28. The van der Waals surface area contributed by atoms with Crippen molar-refractivity contribution in [3.8, 4) is 0 Å². The monoisotopic (exact) mass is 234 g/mol. The normalized spacial score (nSPS) is 24.7. The van der Waals surface area contributed by atoms with Crippen LogP contribution < -0.4 is 5.32 Å². The van der Waals surface area contributed by atoms with Gasteiger partial charge in [0.25, 0.3) is 0 Å². The Balaban J connectivity index is 2.58. The first kappa shape index (κ1) is 12.9. The van der Waals surface area contributed by atoms with Crippen molar-refractivity contribution >= 4 is 10.0 Å². The van der Waals surface area contributed by atoms with E-state index < -0.39 is 10.0 Å². The lowest BCUT2D eigenvalue weighted by Gasteiger charge is -2.34. The molecule has 15 heavy (non-hydrogen) atoms. The van der Waals surface area contributed by atoms with E-state index in [0.29, 0.717) is 12.6 Å². The zero-order valence-corrected chi connectivity index (χ0v) is 10.7. The molecule has 0 aromatic carbocycles. The van der Waals surface area contributed by atoms with Crippen LogP contribution in [0, 0.1) is 0 Å². The maximum absolute atomic E-state index is 11.5. The van der Waals surface area contributed by atoms with Crippen LogP contribution in [-0.4, -0.2) is 44.2 Å². The van der Waals surface area contributed by atoms with Crippen LogP contribution in [0.25, 0.3) is 0 Å². The lowest BCUT2D eigenvalue weighted by atomic mass is 10.0. The molecule has 1 aliphatic heterocycles. The van der Waals surface area contributed by atoms with Crippen LogP contribution in [-0.2, 0) is 10.0 Å². The SMILES string of the molecule is CC(C)NCC1CCCCN1S(C)(=O)=O. The number of nitrogens with one attached hydrogen (secondary N) is 1. The summed E-state index contributed by atoms with van der Waals surface area (Å²) in [5, 5.41) is 3.31. The molecule has 1 aliphatic rings. The second kappa shape index (κ2) is 5.27. The maximum Gasteiger partial charge on any atom is 0.211 e. The molecule has 1 atom stereocenters. The molecule has 1 saturated heterocycles. The highest BCUT2D eigenvalue weighted by molar-refractivity contribution is 7.88. The highest BCUT2D eigenvalue weighted by atomic mass is 32.2. The lowest BCUT2D eigenvalue weighted by molar-refractivity contribution is 0.243. The molecule has 0 radical (unpaired) electrons. The Kier molecular flexibility index (Phi) is 4.55. The minimum absolute atomic E-state index is 0.149. The second-order valence-electron chi connectivity index (χ2n) is 4.59. The molecule has 0 amide bonds. The summed E-state index contributed by atoms with van der Waals surface area (Å²) in [6.45, 7) is 5.61. The average Bonchev–Trinajstić information content (AvgIpc) is 2.13. The van der Waals surface area contributed by atoms with Gasteiger partial charge in [0, 0.05) is 25.2 Å². The molecule has 4 nitrogen and oxygen atoms in total. The van der Waals surface area contributed by atoms with Gasteiger partial charge in [0.15, 0.2) is 0 Å². The van der Waals surface area contributed by atoms with E-state index in [1.54, 1.807) is 4.31 Å². The second-order valence-corrected chi connectivity index (χ2v) is 6.52. The van der Waals surface area contributed by atoms with Gasteiger partial charge in [-0.1, -0.05) is 20.3 Å². The fourth-order valence-corrected chi connectivity index (χ4v) is 3.17. The number of hydrogen-bond donors (Lipinski definition) is 1. The summed E-state index contributed by atoms with van der Waals surface area (Å²) in [5.74, 6) is 0. The van der Waals surface area contributed by atoms with E-state index in [9.17, 15) is 8.42 Å². The van der Waals surface area contributed by atoms with Crippen molar-refractivity contribution in [2.24, 2.45) is 0 Å². The van der Waals surface area contributed by atoms with Crippen LogP contribution >= 0.6 is 0 Å². The van der Waals surface area contributed by atoms with E-state index in [-0.39, 0.29) is 6.04 Å². The molecule has 0 aliphatic carbocycles. The first-order valence-corrected chi connectivity index (χ1v) is 7.46. The summed E-state index contributed by atoms with van der Waals surface area (Å²) in [7, 11) is -3.03. The lowest BCUT2D eigenvalue weighted by Crippen LogP contribution is -2.48. The van der Waals surface area contributed by atoms with Crippen LogP contribution in [0.2, 0.25) is 0 Å². The molecule has 1 unspecified atom stereocenters. The first-order valence-electron chi connectivity index (χ1n) is 5.61. The molecular weight excluding hydrogens is 212 g/mol. The molecule has 1 N–H and O–H groups in total. The quantitative estimate of drug-likeness (QED) is 0.783. The number of sulfonamides is 1. The molecule has 1 rings (SSSR count). The van der Waals surface area contributed by atoms with Gasteiger partial charge in [-0.3, -0.25) is 0 Å². The predicted molar refractivity (Wildman–Crippen MR) is 62.3 cm³/mol. The van der Waals surface area contributed by atoms with Gasteiger partial charge in [-0.2, -0.15) is 4.31 Å². The van der Waals surface area contributed by atoms with E-state index in [4.69, 9.17) is 0 Å². The number of piperidine rings is 1. The van der Waals surface area contributed by atoms with Gasteiger partial charge in [0.05, 0.1) is 6.26 Å². The Labute approximate surface area is 93.1 Å². The van der Waals surface area contributed by atoms with Gasteiger partial charge in [0.1, 0.15) is 0 Å². The van der Waals surface area contributed by atoms with Crippen molar-refractivity contribution in [2.75, 3.05) is 19.3 Å². The zero-order valence-electron chi connectivity index (χ0n) is 9.86. The Morgan fingerprint density at radius 2 is 2.07 bits per heavy atom. The van der Waals surface area contributed by atoms with Crippen molar-refractivity contribution in [2.45, 2.75) is 45.2 Å². The molecule has 0 aromatic rings. The van der Waals surface area contributed by atoms with Crippen molar-refractivity contribution in [3.05, 3.63) is 0 Å². The van der Waals surface area contributed by atoms with Gasteiger partial charge in [-0.25, -0.2) is 8.42 Å². The average molecular weight is 234 g/mol. The van der Waals surface area contributed by atoms with Crippen molar-refractivity contribution in [3.63, 3.8) is 0 Å². The van der Waals surface area contributed by atoms with Crippen LogP contribution in [0.3, 0.4) is 0 Å². The molecule has 5 heteroatoms. The Bertz CT molecular complexity index is 288. The number of nitrogens with zero attached hydrogens (tertiary/aromatic N) is 1. The fourth-order valence-electron chi connectivity index (χ4n) is 1.99. The van der Waals surface area contributed by atoms with Crippen molar-refractivity contribution < 1.29 is 8.42 Å². The van der Waals surface area contributed by atoms with Crippen LogP contribution in [0.5, 0.6) is 0 Å². The Morgan fingerprint density at radius 1 is 1.40 bits per heavy atom. The summed E-state index contributed by atoms with van der Waals surface area (Å²) >= 11 is 0. The molecule has 0 bridgehead atoms. The molecule has 0 saturated carbocycles. The molecule has 0 spiro atoms. The van der Waals surface area contributed by atoms with E-state index >= 15 is 0 Å². The van der Waals surface area contributed by atoms with Crippen molar-refractivity contribution in [1.82, 2.24) is 9.62 Å². The number of hydrogen-bond acceptors (Lipinski definition) is 3. The van der Waals surface area contributed by atoms with E-state index in [1.807, 2.05) is 0 Å². The predicted octanol–water partition coefficient (Wildman–Crippen LogP) is 0.798. The van der Waals surface area contributed by atoms with Crippen molar-refractivity contribution in [1.29, 1.82) is 0 Å². The number of rotatable bonds is 4. The standard InChI is InChI=1S/C10H22N2O2S/c1-9(2)11-8-10-6-4-5-7-12(10)15(3,13)14/h9-11H,4-8H2,1-3H3. The van der Waals surface area contributed by atoms with E-state index in [1.165, 1.54) is 6.26 Å². The minimum Gasteiger partial charge on any atom is -0.313 e. The van der Waals surface area contributed by atoms with E-state index in [2.05, 4.69) is 19.2 Å². The summed E-state index contributed by atoms with van der Waals surface area (Å²) in [4.78, 5) is 0. The van der Waals surface area contributed by atoms with Crippen LogP contribution in [0.15, 0.2) is 0 Å². The summed E-state index contributed by atoms with van der Waals surface area (Å²) in [5.41, 5.74) is 0. The smallest absolute Gasteiger partial charge is 0.211 e. The highest BCUT2D eigenvalue weighted by Crippen LogP contribution is 2.19. The molecule has 90 valence electrons.